The maximum Gasteiger partial charge on any atom is 0.171 e. The van der Waals surface area contributed by atoms with Crippen molar-refractivity contribution in [2.24, 2.45) is 5.92 Å². The van der Waals surface area contributed by atoms with Crippen molar-refractivity contribution in [1.82, 2.24) is 0 Å². The molecule has 1 aromatic rings. The number of carbonyl (C=O) groups excluding carboxylic acids is 1. The Bertz CT molecular complexity index is 419. The SMILES string of the molecule is CCC(CC#N)C(=O)c1c(F)cccc1Cl. The minimum absolute atomic E-state index is 0.0833. The maximum absolute atomic E-state index is 13.4. The van der Waals surface area contributed by atoms with E-state index in [4.69, 9.17) is 16.9 Å². The molecular formula is C12H11ClFNO. The van der Waals surface area contributed by atoms with Crippen LogP contribution in [-0.2, 0) is 0 Å². The number of benzene rings is 1. The molecule has 0 saturated carbocycles. The minimum Gasteiger partial charge on any atom is -0.294 e. The van der Waals surface area contributed by atoms with Crippen molar-refractivity contribution in [3.8, 4) is 6.07 Å². The number of nitrogens with zero attached hydrogens (tertiary/aromatic N) is 1. The predicted molar refractivity (Wildman–Crippen MR) is 59.8 cm³/mol. The molecule has 0 N–H and O–H groups in total. The summed E-state index contributed by atoms with van der Waals surface area (Å²) in [6, 6.07) is 6.03. The van der Waals surface area contributed by atoms with Gasteiger partial charge in [-0.1, -0.05) is 24.6 Å². The van der Waals surface area contributed by atoms with Crippen LogP contribution in [0, 0.1) is 23.1 Å². The molecule has 0 heterocycles. The Balaban J connectivity index is 3.09. The van der Waals surface area contributed by atoms with Gasteiger partial charge in [0.05, 0.1) is 16.7 Å². The molecule has 1 rings (SSSR count). The van der Waals surface area contributed by atoms with Crippen molar-refractivity contribution in [2.75, 3.05) is 0 Å². The monoisotopic (exact) mass is 239 g/mol. The first-order valence-corrected chi connectivity index (χ1v) is 5.34. The van der Waals surface area contributed by atoms with Crippen LogP contribution in [0.3, 0.4) is 0 Å². The van der Waals surface area contributed by atoms with Crippen LogP contribution in [0.4, 0.5) is 4.39 Å². The number of Topliss-reactive ketones (excluding diaryl/α,β-unsaturated/α-hetero) is 1. The number of hydrogen-bond donors (Lipinski definition) is 0. The van der Waals surface area contributed by atoms with E-state index in [0.717, 1.165) is 0 Å². The number of ketones is 1. The topological polar surface area (TPSA) is 40.9 Å². The molecule has 0 amide bonds. The van der Waals surface area contributed by atoms with Crippen molar-refractivity contribution in [3.05, 3.63) is 34.6 Å². The quantitative estimate of drug-likeness (QED) is 0.754. The number of carbonyl (C=O) groups is 1. The molecule has 0 aliphatic rings. The van der Waals surface area contributed by atoms with Gasteiger partial charge in [0.2, 0.25) is 0 Å². The Kier molecular flexibility index (Phi) is 4.45. The molecule has 0 bridgehead atoms. The molecule has 0 aliphatic carbocycles. The lowest BCUT2D eigenvalue weighted by atomic mass is 9.92. The molecule has 1 unspecified atom stereocenters. The van der Waals surface area contributed by atoms with Gasteiger partial charge in [-0.05, 0) is 18.6 Å². The van der Waals surface area contributed by atoms with E-state index in [1.807, 2.05) is 6.07 Å². The van der Waals surface area contributed by atoms with Crippen molar-refractivity contribution in [3.63, 3.8) is 0 Å². The Morgan fingerprint density at radius 1 is 1.62 bits per heavy atom. The second-order valence-electron chi connectivity index (χ2n) is 3.43. The van der Waals surface area contributed by atoms with Crippen molar-refractivity contribution >= 4 is 17.4 Å². The van der Waals surface area contributed by atoms with Gasteiger partial charge in [-0.15, -0.1) is 0 Å². The van der Waals surface area contributed by atoms with Crippen molar-refractivity contribution in [1.29, 1.82) is 5.26 Å². The summed E-state index contributed by atoms with van der Waals surface area (Å²) in [7, 11) is 0. The van der Waals surface area contributed by atoms with Crippen LogP contribution in [0.1, 0.15) is 30.1 Å². The van der Waals surface area contributed by atoms with Gasteiger partial charge in [-0.25, -0.2) is 4.39 Å². The van der Waals surface area contributed by atoms with E-state index in [2.05, 4.69) is 0 Å². The zero-order valence-electron chi connectivity index (χ0n) is 8.84. The highest BCUT2D eigenvalue weighted by Crippen LogP contribution is 2.24. The fourth-order valence-corrected chi connectivity index (χ4v) is 1.73. The standard InChI is InChI=1S/C12H11ClFNO/c1-2-8(6-7-15)12(16)11-9(13)4-3-5-10(11)14/h3-5,8H,2,6H2,1H3. The molecule has 1 aromatic carbocycles. The van der Waals surface area contributed by atoms with E-state index in [1.54, 1.807) is 6.92 Å². The highest BCUT2D eigenvalue weighted by atomic mass is 35.5. The van der Waals surface area contributed by atoms with Crippen LogP contribution >= 0.6 is 11.6 Å². The molecule has 4 heteroatoms. The number of rotatable bonds is 4. The summed E-state index contributed by atoms with van der Waals surface area (Å²) in [6.07, 6.45) is 0.580. The lowest BCUT2D eigenvalue weighted by Crippen LogP contribution is -2.15. The maximum atomic E-state index is 13.4. The van der Waals surface area contributed by atoms with Gasteiger partial charge >= 0.3 is 0 Å². The summed E-state index contributed by atoms with van der Waals surface area (Å²) in [5.74, 6) is -1.51. The molecule has 0 spiro atoms. The zero-order chi connectivity index (χ0) is 12.1. The summed E-state index contributed by atoms with van der Waals surface area (Å²) in [6.45, 7) is 1.79. The van der Waals surface area contributed by atoms with E-state index >= 15 is 0 Å². The third-order valence-electron chi connectivity index (χ3n) is 2.41. The molecule has 1 atom stereocenters. The van der Waals surface area contributed by atoms with Crippen LogP contribution in [0.25, 0.3) is 0 Å². The summed E-state index contributed by atoms with van der Waals surface area (Å²) in [5, 5.41) is 8.67. The minimum atomic E-state index is -0.631. The zero-order valence-corrected chi connectivity index (χ0v) is 9.59. The van der Waals surface area contributed by atoms with Gasteiger partial charge in [-0.2, -0.15) is 5.26 Å². The van der Waals surface area contributed by atoms with E-state index in [-0.39, 0.29) is 17.0 Å². The fraction of sp³-hybridized carbons (Fsp3) is 0.333. The van der Waals surface area contributed by atoms with Gasteiger partial charge in [0.15, 0.2) is 5.78 Å². The van der Waals surface area contributed by atoms with Crippen LogP contribution in [-0.4, -0.2) is 5.78 Å². The van der Waals surface area contributed by atoms with Crippen molar-refractivity contribution in [2.45, 2.75) is 19.8 Å². The summed E-state index contributed by atoms with van der Waals surface area (Å²) in [4.78, 5) is 11.9. The molecule has 16 heavy (non-hydrogen) atoms. The second-order valence-corrected chi connectivity index (χ2v) is 3.84. The molecule has 0 radical (unpaired) electrons. The smallest absolute Gasteiger partial charge is 0.171 e. The predicted octanol–water partition coefficient (Wildman–Crippen LogP) is 3.60. The first-order valence-electron chi connectivity index (χ1n) is 4.97. The normalized spacial score (nSPS) is 11.9. The molecule has 2 nitrogen and oxygen atoms in total. The third-order valence-corrected chi connectivity index (χ3v) is 2.73. The van der Waals surface area contributed by atoms with Gasteiger partial charge in [0.25, 0.3) is 0 Å². The van der Waals surface area contributed by atoms with E-state index in [1.165, 1.54) is 18.2 Å². The van der Waals surface area contributed by atoms with Crippen LogP contribution in [0.5, 0.6) is 0 Å². The third kappa shape index (κ3) is 2.59. The summed E-state index contributed by atoms with van der Waals surface area (Å²) >= 11 is 5.78. The Morgan fingerprint density at radius 2 is 2.31 bits per heavy atom. The number of hydrogen-bond acceptors (Lipinski definition) is 2. The lowest BCUT2D eigenvalue weighted by molar-refractivity contribution is 0.0914. The van der Waals surface area contributed by atoms with E-state index in [0.29, 0.717) is 6.42 Å². The van der Waals surface area contributed by atoms with E-state index in [9.17, 15) is 9.18 Å². The average molecular weight is 240 g/mol. The lowest BCUT2D eigenvalue weighted by Gasteiger charge is -2.11. The van der Waals surface area contributed by atoms with Gasteiger partial charge in [-0.3, -0.25) is 4.79 Å². The molecule has 84 valence electrons. The average Bonchev–Trinajstić information content (AvgIpc) is 2.25. The first kappa shape index (κ1) is 12.7. The summed E-state index contributed by atoms with van der Waals surface area (Å²) < 4.78 is 13.4. The summed E-state index contributed by atoms with van der Waals surface area (Å²) in [5.41, 5.74) is -0.105. The van der Waals surface area contributed by atoms with Gasteiger partial charge in [0.1, 0.15) is 5.82 Å². The first-order chi connectivity index (χ1) is 7.61. The van der Waals surface area contributed by atoms with Crippen molar-refractivity contribution < 1.29 is 9.18 Å². The molecular weight excluding hydrogens is 229 g/mol. The largest absolute Gasteiger partial charge is 0.294 e. The fourth-order valence-electron chi connectivity index (χ4n) is 1.47. The van der Waals surface area contributed by atoms with Crippen LogP contribution < -0.4 is 0 Å². The molecule has 0 saturated heterocycles. The number of nitriles is 1. The Morgan fingerprint density at radius 3 is 2.81 bits per heavy atom. The molecule has 0 aromatic heterocycles. The van der Waals surface area contributed by atoms with Gasteiger partial charge in [0, 0.05) is 12.3 Å². The van der Waals surface area contributed by atoms with Crippen LogP contribution in [0.15, 0.2) is 18.2 Å². The number of halogens is 2. The molecule has 0 aliphatic heterocycles. The Labute approximate surface area is 98.6 Å². The molecule has 0 fully saturated rings. The Hall–Kier alpha value is -1.40. The van der Waals surface area contributed by atoms with E-state index < -0.39 is 17.5 Å². The highest BCUT2D eigenvalue weighted by Gasteiger charge is 2.23. The van der Waals surface area contributed by atoms with Gasteiger partial charge < -0.3 is 0 Å². The van der Waals surface area contributed by atoms with Crippen LogP contribution in [0.2, 0.25) is 5.02 Å². The second kappa shape index (κ2) is 5.62. The highest BCUT2D eigenvalue weighted by molar-refractivity contribution is 6.34.